The largest absolute Gasteiger partial charge is 0.494 e. The molecule has 0 aromatic carbocycles. The summed E-state index contributed by atoms with van der Waals surface area (Å²) >= 11 is 6.52. The summed E-state index contributed by atoms with van der Waals surface area (Å²) in [5.41, 5.74) is 2.15. The van der Waals surface area contributed by atoms with Crippen LogP contribution in [-0.4, -0.2) is 24.6 Å². The summed E-state index contributed by atoms with van der Waals surface area (Å²) in [4.78, 5) is 4.71. The molecule has 0 atom stereocenters. The molecule has 0 aliphatic rings. The Kier molecular flexibility index (Phi) is 4.89. The molecular formula is C18H29ClN2OSi. The Labute approximate surface area is 146 Å². The van der Waals surface area contributed by atoms with Crippen LogP contribution in [0, 0.1) is 0 Å². The van der Waals surface area contributed by atoms with Gasteiger partial charge in [-0.15, -0.1) is 0 Å². The lowest BCUT2D eigenvalue weighted by molar-refractivity contribution is 0.414. The van der Waals surface area contributed by atoms with Crippen LogP contribution in [0.5, 0.6) is 5.75 Å². The Hall–Kier alpha value is -1.00. The van der Waals surface area contributed by atoms with Gasteiger partial charge in [-0.2, -0.15) is 0 Å². The minimum atomic E-state index is -1.94. The molecule has 0 amide bonds. The highest BCUT2D eigenvalue weighted by molar-refractivity contribution is 6.84. The normalized spacial score (nSPS) is 13.3. The molecule has 0 aliphatic carbocycles. The molecule has 0 spiro atoms. The van der Waals surface area contributed by atoms with Crippen LogP contribution in [0.4, 0.5) is 0 Å². The quantitative estimate of drug-likeness (QED) is 0.620. The Bertz CT molecular complexity index is 693. The first-order valence-electron chi connectivity index (χ1n) is 8.29. The number of methoxy groups -OCH3 is 1. The second-order valence-electron chi connectivity index (χ2n) is 7.95. The topological polar surface area (TPSA) is 27.1 Å². The number of rotatable bonds is 4. The maximum absolute atomic E-state index is 6.52. The lowest BCUT2D eigenvalue weighted by Gasteiger charge is -2.50. The van der Waals surface area contributed by atoms with Crippen LogP contribution >= 0.6 is 11.6 Å². The molecular weight excluding hydrogens is 324 g/mol. The molecule has 0 saturated carbocycles. The summed E-state index contributed by atoms with van der Waals surface area (Å²) in [6.45, 7) is 16.5. The predicted molar refractivity (Wildman–Crippen MR) is 102 cm³/mol. The summed E-state index contributed by atoms with van der Waals surface area (Å²) in [5, 5.41) is 1.84. The van der Waals surface area contributed by atoms with E-state index in [4.69, 9.17) is 21.3 Å². The Morgan fingerprint density at radius 3 is 2.17 bits per heavy atom. The molecule has 5 heteroatoms. The van der Waals surface area contributed by atoms with E-state index in [1.54, 1.807) is 13.3 Å². The van der Waals surface area contributed by atoms with E-state index >= 15 is 0 Å². The number of nitrogens with zero attached hydrogens (tertiary/aromatic N) is 2. The molecule has 0 bridgehead atoms. The summed E-state index contributed by atoms with van der Waals surface area (Å²) in [6.07, 6.45) is 3.93. The van der Waals surface area contributed by atoms with E-state index in [0.29, 0.717) is 21.9 Å². The van der Waals surface area contributed by atoms with E-state index < -0.39 is 8.24 Å². The molecule has 0 aliphatic heterocycles. The SMILES string of the molecule is COc1cnc2c(ccn2[Si](C(C)C)(C(C)C)C(C)(C)C)c1Cl. The van der Waals surface area contributed by atoms with Crippen LogP contribution < -0.4 is 4.74 Å². The number of ether oxygens (including phenoxy) is 1. The third-order valence-electron chi connectivity index (χ3n) is 5.20. The first kappa shape index (κ1) is 18.3. The maximum atomic E-state index is 6.52. The number of hydrogen-bond acceptors (Lipinski definition) is 2. The first-order chi connectivity index (χ1) is 10.6. The highest BCUT2D eigenvalue weighted by Crippen LogP contribution is 2.52. The third-order valence-corrected chi connectivity index (χ3v) is 12.7. The van der Waals surface area contributed by atoms with Crippen molar-refractivity contribution in [1.29, 1.82) is 0 Å². The lowest BCUT2D eigenvalue weighted by atomic mass is 10.2. The Morgan fingerprint density at radius 1 is 1.17 bits per heavy atom. The predicted octanol–water partition coefficient (Wildman–Crippen LogP) is 6.11. The number of hydrogen-bond donors (Lipinski definition) is 0. The van der Waals surface area contributed by atoms with Gasteiger partial charge in [-0.3, -0.25) is 0 Å². The average Bonchev–Trinajstić information content (AvgIpc) is 2.82. The van der Waals surface area contributed by atoms with Crippen LogP contribution in [0.2, 0.25) is 21.1 Å². The van der Waals surface area contributed by atoms with Crippen molar-refractivity contribution >= 4 is 30.9 Å². The minimum Gasteiger partial charge on any atom is -0.494 e. The fourth-order valence-corrected chi connectivity index (χ4v) is 12.5. The van der Waals surface area contributed by atoms with Gasteiger partial charge < -0.3 is 8.97 Å². The van der Waals surface area contributed by atoms with Gasteiger partial charge in [-0.25, -0.2) is 4.98 Å². The highest BCUT2D eigenvalue weighted by atomic mass is 35.5. The van der Waals surface area contributed by atoms with E-state index in [0.717, 1.165) is 11.0 Å². The number of halogens is 1. The third kappa shape index (κ3) is 2.60. The van der Waals surface area contributed by atoms with Crippen molar-refractivity contribution in [2.75, 3.05) is 7.11 Å². The van der Waals surface area contributed by atoms with Gasteiger partial charge in [-0.05, 0) is 28.4 Å². The van der Waals surface area contributed by atoms with E-state index in [1.807, 2.05) is 0 Å². The summed E-state index contributed by atoms with van der Waals surface area (Å²) in [7, 11) is -0.309. The van der Waals surface area contributed by atoms with E-state index in [2.05, 4.69) is 65.0 Å². The van der Waals surface area contributed by atoms with Gasteiger partial charge in [0.15, 0.2) is 14.0 Å². The molecule has 128 valence electrons. The minimum absolute atomic E-state index is 0.204. The molecule has 23 heavy (non-hydrogen) atoms. The van der Waals surface area contributed by atoms with Gasteiger partial charge in [-0.1, -0.05) is 60.1 Å². The smallest absolute Gasteiger partial charge is 0.174 e. The maximum Gasteiger partial charge on any atom is 0.174 e. The van der Waals surface area contributed by atoms with Crippen molar-refractivity contribution in [3.8, 4) is 5.75 Å². The van der Waals surface area contributed by atoms with Gasteiger partial charge in [0.05, 0.1) is 18.3 Å². The zero-order valence-electron chi connectivity index (χ0n) is 15.6. The van der Waals surface area contributed by atoms with Crippen LogP contribution in [0.25, 0.3) is 11.0 Å². The van der Waals surface area contributed by atoms with Gasteiger partial charge >= 0.3 is 0 Å². The van der Waals surface area contributed by atoms with Gasteiger partial charge in [0, 0.05) is 5.39 Å². The molecule has 0 radical (unpaired) electrons. The van der Waals surface area contributed by atoms with Crippen molar-refractivity contribution in [3.05, 3.63) is 23.5 Å². The zero-order valence-corrected chi connectivity index (χ0v) is 17.3. The van der Waals surface area contributed by atoms with Crippen LogP contribution in [0.1, 0.15) is 48.5 Å². The molecule has 0 unspecified atom stereocenters. The number of pyridine rings is 1. The fraction of sp³-hybridized carbons (Fsp3) is 0.611. The standard InChI is InChI=1S/C18H29ClN2OSi/c1-12(2)23(13(3)4,18(5,6)7)21-10-9-14-16(19)15(22-8)11-20-17(14)21/h9-13H,1-8H3. The summed E-state index contributed by atoms with van der Waals surface area (Å²) < 4.78 is 7.79. The second kappa shape index (κ2) is 6.13. The van der Waals surface area contributed by atoms with Crippen molar-refractivity contribution < 1.29 is 4.74 Å². The first-order valence-corrected chi connectivity index (χ1v) is 10.8. The molecule has 2 heterocycles. The highest BCUT2D eigenvalue weighted by Gasteiger charge is 2.52. The number of aromatic nitrogens is 2. The zero-order chi connectivity index (χ0) is 17.6. The second-order valence-corrected chi connectivity index (χ2v) is 14.3. The van der Waals surface area contributed by atoms with Crippen molar-refractivity contribution in [2.45, 2.75) is 64.6 Å². The van der Waals surface area contributed by atoms with Crippen molar-refractivity contribution in [3.63, 3.8) is 0 Å². The molecule has 0 fully saturated rings. The Morgan fingerprint density at radius 2 is 1.74 bits per heavy atom. The van der Waals surface area contributed by atoms with E-state index in [9.17, 15) is 0 Å². The Balaban J connectivity index is 2.85. The van der Waals surface area contributed by atoms with Gasteiger partial charge in [0.1, 0.15) is 5.65 Å². The molecule has 0 N–H and O–H groups in total. The molecule has 2 rings (SSSR count). The molecule has 2 aromatic rings. The average molecular weight is 353 g/mol. The van der Waals surface area contributed by atoms with Crippen LogP contribution in [0.15, 0.2) is 18.5 Å². The van der Waals surface area contributed by atoms with Crippen molar-refractivity contribution in [1.82, 2.24) is 9.22 Å². The van der Waals surface area contributed by atoms with E-state index in [-0.39, 0.29) is 5.04 Å². The van der Waals surface area contributed by atoms with Crippen LogP contribution in [-0.2, 0) is 0 Å². The molecule has 2 aromatic heterocycles. The van der Waals surface area contributed by atoms with Crippen molar-refractivity contribution in [2.24, 2.45) is 0 Å². The fourth-order valence-electron chi connectivity index (χ4n) is 4.79. The van der Waals surface area contributed by atoms with Gasteiger partial charge in [0.25, 0.3) is 0 Å². The number of fused-ring (bicyclic) bond motifs is 1. The monoisotopic (exact) mass is 352 g/mol. The molecule has 0 saturated heterocycles. The lowest BCUT2D eigenvalue weighted by Crippen LogP contribution is -2.56. The summed E-state index contributed by atoms with van der Waals surface area (Å²) in [5.74, 6) is 0.633. The summed E-state index contributed by atoms with van der Waals surface area (Å²) in [6, 6.07) is 2.09. The van der Waals surface area contributed by atoms with Gasteiger partial charge in [0.2, 0.25) is 0 Å². The van der Waals surface area contributed by atoms with Crippen LogP contribution in [0.3, 0.4) is 0 Å². The molecule has 3 nitrogen and oxygen atoms in total. The van der Waals surface area contributed by atoms with E-state index in [1.165, 1.54) is 0 Å².